The van der Waals surface area contributed by atoms with E-state index in [9.17, 15) is 9.59 Å². The quantitative estimate of drug-likeness (QED) is 0.354. The van der Waals surface area contributed by atoms with Crippen molar-refractivity contribution in [3.63, 3.8) is 0 Å². The van der Waals surface area contributed by atoms with E-state index in [0.29, 0.717) is 17.9 Å². The molecule has 4 atom stereocenters. The molecular weight excluding hydrogens is 452 g/mol. The molecule has 3 aliphatic rings. The van der Waals surface area contributed by atoms with Crippen LogP contribution >= 0.6 is 0 Å². The average Bonchev–Trinajstić information content (AvgIpc) is 2.84. The van der Waals surface area contributed by atoms with Crippen LogP contribution in [-0.4, -0.2) is 20.3 Å². The van der Waals surface area contributed by atoms with E-state index < -0.39 is 11.2 Å². The first-order valence-electron chi connectivity index (χ1n) is 12.7. The highest BCUT2D eigenvalue weighted by Gasteiger charge is 2.59. The fourth-order valence-corrected chi connectivity index (χ4v) is 7.60. The third kappa shape index (κ3) is 2.62. The highest BCUT2D eigenvalue weighted by molar-refractivity contribution is 5.88. The maximum atomic E-state index is 13.8. The summed E-state index contributed by atoms with van der Waals surface area (Å²) in [5.41, 5.74) is 2.06. The lowest BCUT2D eigenvalue weighted by Gasteiger charge is -2.57. The second-order valence-corrected chi connectivity index (χ2v) is 11.7. The smallest absolute Gasteiger partial charge is 0.258 e. The van der Waals surface area contributed by atoms with Gasteiger partial charge in [0, 0.05) is 42.6 Å². The van der Waals surface area contributed by atoms with Crippen molar-refractivity contribution < 1.29 is 9.47 Å². The van der Waals surface area contributed by atoms with E-state index in [1.54, 1.807) is 9.13 Å². The van der Waals surface area contributed by atoms with Crippen molar-refractivity contribution in [2.24, 2.45) is 20.0 Å². The molecule has 1 fully saturated rings. The highest BCUT2D eigenvalue weighted by Crippen LogP contribution is 2.62. The molecule has 184 valence electrons. The predicted octanol–water partition coefficient (Wildman–Crippen LogP) is 4.99. The molecule has 36 heavy (non-hydrogen) atoms. The van der Waals surface area contributed by atoms with Crippen LogP contribution in [0, 0.1) is 5.92 Å². The number of para-hydroxylation sites is 2. The Morgan fingerprint density at radius 1 is 0.722 bits per heavy atom. The number of benzene rings is 2. The molecule has 6 heteroatoms. The molecule has 0 radical (unpaired) electrons. The summed E-state index contributed by atoms with van der Waals surface area (Å²) in [6.45, 7) is 6.37. The van der Waals surface area contributed by atoms with Crippen LogP contribution in [0.2, 0.25) is 0 Å². The molecule has 0 unspecified atom stereocenters. The minimum Gasteiger partial charge on any atom is -0.486 e. The molecule has 2 aromatic carbocycles. The SMILES string of the molecule is Cn1c(=O)c2c(c3ccccc31)OC(C)(C)[C@@H]1[C@@H]2C[C@]2(C)C[C@H]1c1c(c3ccccc3n(C)c1=O)O2. The monoisotopic (exact) mass is 482 g/mol. The van der Waals surface area contributed by atoms with Gasteiger partial charge in [0.25, 0.3) is 11.1 Å². The summed E-state index contributed by atoms with van der Waals surface area (Å²) in [4.78, 5) is 27.7. The molecule has 7 rings (SSSR count). The number of hydrogen-bond acceptors (Lipinski definition) is 4. The van der Waals surface area contributed by atoms with E-state index in [1.165, 1.54) is 0 Å². The molecule has 2 aromatic heterocycles. The van der Waals surface area contributed by atoms with Gasteiger partial charge in [-0.2, -0.15) is 0 Å². The normalized spacial score (nSPS) is 27.5. The van der Waals surface area contributed by atoms with Gasteiger partial charge in [0.05, 0.1) is 22.2 Å². The van der Waals surface area contributed by atoms with Crippen molar-refractivity contribution in [2.45, 2.75) is 56.7 Å². The molecule has 0 spiro atoms. The van der Waals surface area contributed by atoms with Gasteiger partial charge in [0.2, 0.25) is 0 Å². The predicted molar refractivity (Wildman–Crippen MR) is 140 cm³/mol. The second kappa shape index (κ2) is 6.81. The number of nitrogens with zero attached hydrogens (tertiary/aromatic N) is 2. The molecule has 1 aliphatic carbocycles. The summed E-state index contributed by atoms with van der Waals surface area (Å²) in [6.07, 6.45) is 1.43. The van der Waals surface area contributed by atoms with E-state index in [0.717, 1.165) is 39.4 Å². The Labute approximate surface area is 209 Å². The number of aromatic nitrogens is 2. The summed E-state index contributed by atoms with van der Waals surface area (Å²) in [7, 11) is 3.66. The average molecular weight is 483 g/mol. The number of hydrogen-bond donors (Lipinski definition) is 0. The van der Waals surface area contributed by atoms with Crippen LogP contribution in [0.4, 0.5) is 0 Å². The van der Waals surface area contributed by atoms with E-state index >= 15 is 0 Å². The van der Waals surface area contributed by atoms with Gasteiger partial charge in [-0.15, -0.1) is 0 Å². The maximum absolute atomic E-state index is 13.8. The van der Waals surface area contributed by atoms with Crippen molar-refractivity contribution in [1.29, 1.82) is 0 Å². The lowest BCUT2D eigenvalue weighted by molar-refractivity contribution is -0.0798. The first kappa shape index (κ1) is 21.7. The van der Waals surface area contributed by atoms with Crippen LogP contribution in [0.1, 0.15) is 56.6 Å². The van der Waals surface area contributed by atoms with Crippen LogP contribution in [0.3, 0.4) is 0 Å². The Hall–Kier alpha value is -3.54. The Kier molecular flexibility index (Phi) is 4.11. The molecule has 0 N–H and O–H groups in total. The lowest BCUT2D eigenvalue weighted by atomic mass is 9.56. The van der Waals surface area contributed by atoms with Crippen molar-refractivity contribution in [3.8, 4) is 11.5 Å². The Morgan fingerprint density at radius 2 is 1.17 bits per heavy atom. The molecule has 0 amide bonds. The van der Waals surface area contributed by atoms with Gasteiger partial charge in [-0.1, -0.05) is 24.3 Å². The molecule has 1 saturated carbocycles. The standard InChI is InChI=1S/C30H30N2O4/c1-29(2)24-18(22-25(35-29)16-10-6-8-12-20(16)31(4)27(22)33)14-30(3)15-19(24)23-26(36-30)17-11-7-9-13-21(17)32(5)28(23)34/h6-13,18-19,24H,14-15H2,1-5H3/t18-,19+,24-,30-/m1/s1. The molecule has 6 nitrogen and oxygen atoms in total. The minimum absolute atomic E-state index is 0.0237. The number of fused-ring (bicyclic) bond motifs is 12. The van der Waals surface area contributed by atoms with Crippen LogP contribution < -0.4 is 20.6 Å². The number of aryl methyl sites for hydroxylation is 2. The highest BCUT2D eigenvalue weighted by atomic mass is 16.5. The van der Waals surface area contributed by atoms with E-state index in [4.69, 9.17) is 9.47 Å². The molecule has 0 saturated heterocycles. The Morgan fingerprint density at radius 3 is 1.67 bits per heavy atom. The first-order chi connectivity index (χ1) is 17.1. The number of rotatable bonds is 0. The molecular formula is C30H30N2O4. The molecule has 2 bridgehead atoms. The number of pyridine rings is 2. The van der Waals surface area contributed by atoms with E-state index in [1.807, 2.05) is 62.6 Å². The van der Waals surface area contributed by atoms with Crippen molar-refractivity contribution in [1.82, 2.24) is 9.13 Å². The van der Waals surface area contributed by atoms with Gasteiger partial charge in [-0.25, -0.2) is 0 Å². The van der Waals surface area contributed by atoms with Crippen molar-refractivity contribution >= 4 is 21.8 Å². The summed E-state index contributed by atoms with van der Waals surface area (Å²) in [5.74, 6) is 1.19. The molecule has 4 aromatic rings. The summed E-state index contributed by atoms with van der Waals surface area (Å²) >= 11 is 0. The van der Waals surface area contributed by atoms with E-state index in [-0.39, 0.29) is 28.9 Å². The van der Waals surface area contributed by atoms with Gasteiger partial charge in [0.15, 0.2) is 0 Å². The summed E-state index contributed by atoms with van der Waals surface area (Å²) in [6, 6.07) is 15.9. The zero-order valence-corrected chi connectivity index (χ0v) is 21.3. The van der Waals surface area contributed by atoms with Crippen LogP contribution in [0.5, 0.6) is 11.5 Å². The largest absolute Gasteiger partial charge is 0.486 e. The fourth-order valence-electron chi connectivity index (χ4n) is 7.60. The minimum atomic E-state index is -0.579. The van der Waals surface area contributed by atoms with E-state index in [2.05, 4.69) is 20.8 Å². The molecule has 4 heterocycles. The van der Waals surface area contributed by atoms with Crippen molar-refractivity contribution in [2.75, 3.05) is 0 Å². The van der Waals surface area contributed by atoms with Gasteiger partial charge in [-0.05, 0) is 57.9 Å². The van der Waals surface area contributed by atoms with Gasteiger partial charge < -0.3 is 18.6 Å². The topological polar surface area (TPSA) is 62.5 Å². The third-order valence-electron chi connectivity index (χ3n) is 9.01. The molecule has 2 aliphatic heterocycles. The van der Waals surface area contributed by atoms with Gasteiger partial charge in [-0.3, -0.25) is 9.59 Å². The zero-order chi connectivity index (χ0) is 25.1. The zero-order valence-electron chi connectivity index (χ0n) is 21.3. The fraction of sp³-hybridized carbons (Fsp3) is 0.400. The Balaban J connectivity index is 1.54. The Bertz CT molecular complexity index is 1630. The lowest BCUT2D eigenvalue weighted by Crippen LogP contribution is -2.58. The summed E-state index contributed by atoms with van der Waals surface area (Å²) in [5, 5.41) is 1.91. The van der Waals surface area contributed by atoms with Crippen LogP contribution in [-0.2, 0) is 14.1 Å². The van der Waals surface area contributed by atoms with Crippen LogP contribution in [0.15, 0.2) is 58.1 Å². The van der Waals surface area contributed by atoms with Gasteiger partial charge >= 0.3 is 0 Å². The van der Waals surface area contributed by atoms with Gasteiger partial charge in [0.1, 0.15) is 22.7 Å². The van der Waals surface area contributed by atoms with Crippen molar-refractivity contribution in [3.05, 3.63) is 80.4 Å². The summed E-state index contributed by atoms with van der Waals surface area (Å²) < 4.78 is 17.0. The number of ether oxygens (including phenoxy) is 2. The first-order valence-corrected chi connectivity index (χ1v) is 12.7. The maximum Gasteiger partial charge on any atom is 0.258 e. The second-order valence-electron chi connectivity index (χ2n) is 11.7. The van der Waals surface area contributed by atoms with Crippen LogP contribution in [0.25, 0.3) is 21.8 Å². The third-order valence-corrected chi connectivity index (χ3v) is 9.01.